The van der Waals surface area contributed by atoms with E-state index in [9.17, 15) is 9.59 Å². The van der Waals surface area contributed by atoms with Crippen molar-refractivity contribution in [2.45, 2.75) is 26.7 Å². The Balaban J connectivity index is 0.000000240. The Bertz CT molecular complexity index is 1130. The molecule has 0 atom stereocenters. The van der Waals surface area contributed by atoms with Crippen LogP contribution in [-0.2, 0) is 45.8 Å². The zero-order valence-electron chi connectivity index (χ0n) is 19.9. The first-order valence-corrected chi connectivity index (χ1v) is 11.3. The summed E-state index contributed by atoms with van der Waals surface area (Å²) in [6.45, 7) is 4.73. The first-order valence-electron chi connectivity index (χ1n) is 11.3. The smallest absolute Gasteiger partial charge is 0.293 e. The standard InChI is InChI=1S/2C14H14O3.Zr/c2*1-2-10-16-17-14(15)13-9-5-7-11-6-3-4-8-12(11)13;/h2*3-9H,2,10H2,1H3;. The van der Waals surface area contributed by atoms with Gasteiger partial charge in [-0.05, 0) is 46.5 Å². The summed E-state index contributed by atoms with van der Waals surface area (Å²) in [5, 5.41) is 3.77. The van der Waals surface area contributed by atoms with Crippen LogP contribution in [0.4, 0.5) is 0 Å². The zero-order chi connectivity index (χ0) is 24.2. The molecule has 0 heterocycles. The number of fused-ring (bicyclic) bond motifs is 2. The second kappa shape index (κ2) is 15.2. The van der Waals surface area contributed by atoms with Crippen molar-refractivity contribution in [1.29, 1.82) is 0 Å². The number of carbonyl (C=O) groups is 2. The van der Waals surface area contributed by atoms with Gasteiger partial charge in [-0.25, -0.2) is 9.59 Å². The third-order valence-corrected chi connectivity index (χ3v) is 4.86. The molecule has 0 fully saturated rings. The van der Waals surface area contributed by atoms with Gasteiger partial charge >= 0.3 is 11.9 Å². The largest absolute Gasteiger partial charge is 0.373 e. The maximum absolute atomic E-state index is 11.8. The maximum Gasteiger partial charge on any atom is 0.373 e. The van der Waals surface area contributed by atoms with Gasteiger partial charge in [-0.15, -0.1) is 0 Å². The average Bonchev–Trinajstić information content (AvgIpc) is 2.88. The molecule has 0 aliphatic carbocycles. The van der Waals surface area contributed by atoms with Gasteiger partial charge in [0.25, 0.3) is 0 Å². The van der Waals surface area contributed by atoms with Crippen LogP contribution >= 0.6 is 0 Å². The van der Waals surface area contributed by atoms with Gasteiger partial charge in [-0.3, -0.25) is 9.78 Å². The Hall–Kier alpha value is -2.86. The molecule has 0 aliphatic heterocycles. The van der Waals surface area contributed by atoms with Gasteiger partial charge < -0.3 is 0 Å². The summed E-state index contributed by atoms with van der Waals surface area (Å²) in [6.07, 6.45) is 1.62. The van der Waals surface area contributed by atoms with E-state index < -0.39 is 11.9 Å². The van der Waals surface area contributed by atoms with Crippen LogP contribution in [0, 0.1) is 0 Å². The molecule has 0 amide bonds. The summed E-state index contributed by atoms with van der Waals surface area (Å²) in [5.41, 5.74) is 1.05. The molecule has 35 heavy (non-hydrogen) atoms. The Morgan fingerprint density at radius 2 is 0.943 bits per heavy atom. The molecular weight excluding hydrogens is 524 g/mol. The number of hydrogen-bond acceptors (Lipinski definition) is 6. The van der Waals surface area contributed by atoms with Crippen molar-refractivity contribution in [3.05, 3.63) is 96.1 Å². The number of carbonyl (C=O) groups excluding carboxylic acids is 2. The SMILES string of the molecule is CCCOOC(=O)c1cccc2ccccc12.CCCOOC(=O)c1cccc2ccccc12.[Zr]. The minimum atomic E-state index is -0.449. The Morgan fingerprint density at radius 1 is 0.571 bits per heavy atom. The number of rotatable bonds is 8. The minimum absolute atomic E-state index is 0. The third-order valence-electron chi connectivity index (χ3n) is 4.86. The third kappa shape index (κ3) is 8.10. The molecule has 0 radical (unpaired) electrons. The van der Waals surface area contributed by atoms with E-state index >= 15 is 0 Å². The maximum atomic E-state index is 11.8. The zero-order valence-corrected chi connectivity index (χ0v) is 22.3. The monoisotopic (exact) mass is 550 g/mol. The predicted molar refractivity (Wildman–Crippen MR) is 131 cm³/mol. The molecule has 180 valence electrons. The van der Waals surface area contributed by atoms with Crippen LogP contribution in [0.25, 0.3) is 21.5 Å². The molecule has 0 aromatic heterocycles. The fourth-order valence-corrected chi connectivity index (χ4v) is 3.25. The minimum Gasteiger partial charge on any atom is -0.293 e. The van der Waals surface area contributed by atoms with Crippen LogP contribution in [0.15, 0.2) is 84.9 Å². The van der Waals surface area contributed by atoms with Crippen molar-refractivity contribution in [1.82, 2.24) is 0 Å². The molecule has 0 saturated heterocycles. The van der Waals surface area contributed by atoms with Gasteiger partial charge in [-0.1, -0.05) is 86.6 Å². The van der Waals surface area contributed by atoms with E-state index in [-0.39, 0.29) is 26.2 Å². The van der Waals surface area contributed by atoms with E-state index in [1.807, 2.05) is 86.6 Å². The van der Waals surface area contributed by atoms with E-state index in [0.717, 1.165) is 34.4 Å². The summed E-state index contributed by atoms with van der Waals surface area (Å²) in [7, 11) is 0. The van der Waals surface area contributed by atoms with E-state index in [1.165, 1.54) is 0 Å². The molecule has 6 nitrogen and oxygen atoms in total. The quantitative estimate of drug-likeness (QED) is 0.138. The van der Waals surface area contributed by atoms with Crippen molar-refractivity contribution < 1.29 is 55.3 Å². The number of hydrogen-bond donors (Lipinski definition) is 0. The number of benzene rings is 4. The molecule has 0 unspecified atom stereocenters. The van der Waals surface area contributed by atoms with E-state index in [4.69, 9.17) is 19.6 Å². The predicted octanol–water partition coefficient (Wildman–Crippen LogP) is 6.67. The van der Waals surface area contributed by atoms with Crippen molar-refractivity contribution in [3.63, 3.8) is 0 Å². The van der Waals surface area contributed by atoms with E-state index in [1.54, 1.807) is 12.1 Å². The second-order valence-electron chi connectivity index (χ2n) is 7.44. The average molecular weight is 552 g/mol. The summed E-state index contributed by atoms with van der Waals surface area (Å²) < 4.78 is 0. The van der Waals surface area contributed by atoms with Gasteiger partial charge in [0.2, 0.25) is 0 Å². The van der Waals surface area contributed by atoms with Gasteiger partial charge in [-0.2, -0.15) is 9.78 Å². The Morgan fingerprint density at radius 3 is 1.34 bits per heavy atom. The molecule has 4 aromatic rings. The molecule has 0 spiro atoms. The first kappa shape index (κ1) is 28.4. The van der Waals surface area contributed by atoms with Crippen LogP contribution in [0.5, 0.6) is 0 Å². The molecular formula is C28H28O6Zr. The fourth-order valence-electron chi connectivity index (χ4n) is 3.25. The van der Waals surface area contributed by atoms with Gasteiger partial charge in [0, 0.05) is 26.2 Å². The Kier molecular flexibility index (Phi) is 12.3. The summed E-state index contributed by atoms with van der Waals surface area (Å²) in [6, 6.07) is 26.4. The van der Waals surface area contributed by atoms with Crippen LogP contribution < -0.4 is 0 Å². The molecule has 0 N–H and O–H groups in total. The van der Waals surface area contributed by atoms with E-state index in [2.05, 4.69) is 0 Å². The van der Waals surface area contributed by atoms with Crippen molar-refractivity contribution in [2.24, 2.45) is 0 Å². The molecule has 4 rings (SSSR count). The van der Waals surface area contributed by atoms with Crippen LogP contribution in [0.2, 0.25) is 0 Å². The second-order valence-corrected chi connectivity index (χ2v) is 7.44. The molecule has 0 bridgehead atoms. The van der Waals surface area contributed by atoms with Crippen molar-refractivity contribution in [3.8, 4) is 0 Å². The van der Waals surface area contributed by atoms with Gasteiger partial charge in [0.1, 0.15) is 0 Å². The molecule has 0 saturated carbocycles. The van der Waals surface area contributed by atoms with Gasteiger partial charge in [0.05, 0.1) is 24.3 Å². The summed E-state index contributed by atoms with van der Waals surface area (Å²) in [4.78, 5) is 42.6. The fraction of sp³-hybridized carbons (Fsp3) is 0.214. The van der Waals surface area contributed by atoms with Crippen LogP contribution in [-0.4, -0.2) is 25.2 Å². The van der Waals surface area contributed by atoms with Crippen molar-refractivity contribution in [2.75, 3.05) is 13.2 Å². The molecule has 0 aliphatic rings. The topological polar surface area (TPSA) is 71.1 Å². The van der Waals surface area contributed by atoms with Crippen LogP contribution in [0.1, 0.15) is 47.4 Å². The molecule has 4 aromatic carbocycles. The van der Waals surface area contributed by atoms with E-state index in [0.29, 0.717) is 24.3 Å². The van der Waals surface area contributed by atoms with Gasteiger partial charge in [0.15, 0.2) is 0 Å². The normalized spacial score (nSPS) is 10.1. The first-order chi connectivity index (χ1) is 16.7. The summed E-state index contributed by atoms with van der Waals surface area (Å²) in [5.74, 6) is -0.898. The summed E-state index contributed by atoms with van der Waals surface area (Å²) >= 11 is 0. The van der Waals surface area contributed by atoms with Crippen LogP contribution in [0.3, 0.4) is 0 Å². The van der Waals surface area contributed by atoms with Crippen molar-refractivity contribution >= 4 is 33.5 Å². The Labute approximate surface area is 224 Å². The molecule has 7 heteroatoms.